The molecule has 198 valence electrons. The second-order valence-electron chi connectivity index (χ2n) is 11.2. The molecule has 5 rings (SSSR count). The Hall–Kier alpha value is -2.77. The second-order valence-corrected chi connectivity index (χ2v) is 11.2. The number of aromatic nitrogens is 2. The van der Waals surface area contributed by atoms with Crippen molar-refractivity contribution in [2.75, 3.05) is 39.9 Å². The summed E-state index contributed by atoms with van der Waals surface area (Å²) in [6.07, 6.45) is 10.5. The van der Waals surface area contributed by atoms with Gasteiger partial charge in [-0.1, -0.05) is 0 Å². The van der Waals surface area contributed by atoms with E-state index < -0.39 is 5.82 Å². The monoisotopic (exact) mass is 506 g/mol. The number of carbonyl (C=O) groups is 1. The molecule has 0 bridgehead atoms. The highest BCUT2D eigenvalue weighted by Crippen LogP contribution is 2.33. The van der Waals surface area contributed by atoms with E-state index in [-0.39, 0.29) is 11.9 Å². The molecule has 0 radical (unpaired) electrons. The molecule has 2 fully saturated rings. The van der Waals surface area contributed by atoms with Gasteiger partial charge in [0.05, 0.1) is 29.6 Å². The molecule has 7 heteroatoms. The van der Waals surface area contributed by atoms with E-state index in [0.717, 1.165) is 50.3 Å². The summed E-state index contributed by atoms with van der Waals surface area (Å²) in [5.74, 6) is 0.634. The predicted octanol–water partition coefficient (Wildman–Crippen LogP) is 5.24. The lowest BCUT2D eigenvalue weighted by molar-refractivity contribution is 0.0413. The van der Waals surface area contributed by atoms with E-state index in [1.165, 1.54) is 42.3 Å². The van der Waals surface area contributed by atoms with Gasteiger partial charge >= 0.3 is 0 Å². The van der Waals surface area contributed by atoms with Crippen molar-refractivity contribution < 1.29 is 13.9 Å². The Morgan fingerprint density at radius 1 is 1.24 bits per heavy atom. The summed E-state index contributed by atoms with van der Waals surface area (Å²) in [7, 11) is 1.76. The minimum absolute atomic E-state index is 0.00924. The van der Waals surface area contributed by atoms with Gasteiger partial charge in [0.15, 0.2) is 0 Å². The first-order chi connectivity index (χ1) is 17.8. The van der Waals surface area contributed by atoms with Crippen LogP contribution in [0.2, 0.25) is 0 Å². The van der Waals surface area contributed by atoms with Crippen LogP contribution in [0.15, 0.2) is 36.8 Å². The van der Waals surface area contributed by atoms with Crippen LogP contribution in [-0.4, -0.2) is 71.2 Å². The molecule has 2 saturated heterocycles. The first-order valence-electron chi connectivity index (χ1n) is 13.6. The highest BCUT2D eigenvalue weighted by atomic mass is 19.1. The molecule has 0 N–H and O–H groups in total. The Labute approximate surface area is 219 Å². The molecular formula is C30H39FN4O2. The Kier molecular flexibility index (Phi) is 7.63. The summed E-state index contributed by atoms with van der Waals surface area (Å²) in [5.41, 5.74) is 4.39. The summed E-state index contributed by atoms with van der Waals surface area (Å²) < 4.78 is 22.1. The molecular weight excluding hydrogens is 467 g/mol. The van der Waals surface area contributed by atoms with Crippen LogP contribution in [0, 0.1) is 24.6 Å². The van der Waals surface area contributed by atoms with Crippen molar-refractivity contribution in [2.24, 2.45) is 11.8 Å². The van der Waals surface area contributed by atoms with E-state index in [9.17, 15) is 9.18 Å². The number of hydrogen-bond acceptors (Lipinski definition) is 4. The number of fused-ring (bicyclic) bond motifs is 1. The van der Waals surface area contributed by atoms with Crippen LogP contribution < -0.4 is 0 Å². The van der Waals surface area contributed by atoms with Gasteiger partial charge in [-0.25, -0.2) is 4.39 Å². The van der Waals surface area contributed by atoms with Crippen molar-refractivity contribution in [2.45, 2.75) is 52.5 Å². The maximum Gasteiger partial charge on any atom is 0.256 e. The minimum Gasteiger partial charge on any atom is -0.381 e. The van der Waals surface area contributed by atoms with E-state index in [0.29, 0.717) is 23.1 Å². The minimum atomic E-state index is -0.412. The standard InChI is InChI=1S/C30H39FN4O2/c1-20(2)33(4)30(36)26-13-25(31)7-8-27(26)35-18-24(29-21(3)14-32-15-28(29)35)12-22-9-10-34(16-22)17-23-6-5-11-37-19-23/h7-8,13-15,18,20,22-23H,5-6,9-12,16-17,19H2,1-4H3/t22-,23-/m0/s1. The highest BCUT2D eigenvalue weighted by Gasteiger charge is 2.28. The van der Waals surface area contributed by atoms with Crippen molar-refractivity contribution >= 4 is 16.8 Å². The van der Waals surface area contributed by atoms with Gasteiger partial charge in [0.1, 0.15) is 5.82 Å². The molecule has 4 heterocycles. The molecule has 0 aliphatic carbocycles. The number of likely N-dealkylation sites (tertiary alicyclic amines) is 1. The maximum absolute atomic E-state index is 14.3. The third-order valence-corrected chi connectivity index (χ3v) is 8.17. The van der Waals surface area contributed by atoms with Gasteiger partial charge in [0.25, 0.3) is 5.91 Å². The summed E-state index contributed by atoms with van der Waals surface area (Å²) in [6, 6.07) is 4.51. The van der Waals surface area contributed by atoms with Gasteiger partial charge in [-0.15, -0.1) is 0 Å². The molecule has 3 aromatic rings. The van der Waals surface area contributed by atoms with E-state index in [4.69, 9.17) is 4.74 Å². The number of ether oxygens (including phenoxy) is 1. The lowest BCUT2D eigenvalue weighted by Crippen LogP contribution is -2.33. The SMILES string of the molecule is Cc1cncc2c1c(C[C@@H]1CCN(C[C@@H]3CCCOC3)C1)cn2-c1ccc(F)cc1C(=O)N(C)C(C)C. The van der Waals surface area contributed by atoms with Crippen LogP contribution in [0.1, 0.15) is 54.6 Å². The molecule has 0 saturated carbocycles. The van der Waals surface area contributed by atoms with Crippen LogP contribution in [-0.2, 0) is 11.2 Å². The van der Waals surface area contributed by atoms with Crippen LogP contribution in [0.4, 0.5) is 4.39 Å². The first kappa shape index (κ1) is 25.9. The third-order valence-electron chi connectivity index (χ3n) is 8.17. The summed E-state index contributed by atoms with van der Waals surface area (Å²) in [6.45, 7) is 11.2. The lowest BCUT2D eigenvalue weighted by atomic mass is 9.97. The molecule has 2 aliphatic heterocycles. The number of hydrogen-bond donors (Lipinski definition) is 0. The first-order valence-corrected chi connectivity index (χ1v) is 13.6. The van der Waals surface area contributed by atoms with E-state index in [2.05, 4.69) is 23.0 Å². The number of carbonyl (C=O) groups excluding carboxylic acids is 1. The van der Waals surface area contributed by atoms with Gasteiger partial charge in [0, 0.05) is 50.6 Å². The van der Waals surface area contributed by atoms with Crippen LogP contribution in [0.5, 0.6) is 0 Å². The fourth-order valence-corrected chi connectivity index (χ4v) is 5.98. The largest absolute Gasteiger partial charge is 0.381 e. The van der Waals surface area contributed by atoms with E-state index >= 15 is 0 Å². The summed E-state index contributed by atoms with van der Waals surface area (Å²) in [4.78, 5) is 22.1. The molecule has 37 heavy (non-hydrogen) atoms. The Bertz CT molecular complexity index is 1260. The number of pyridine rings is 1. The number of amides is 1. The second kappa shape index (κ2) is 10.9. The van der Waals surface area contributed by atoms with Crippen molar-refractivity contribution in [3.05, 3.63) is 59.3 Å². The Morgan fingerprint density at radius 3 is 2.84 bits per heavy atom. The van der Waals surface area contributed by atoms with Crippen LogP contribution >= 0.6 is 0 Å². The quantitative estimate of drug-likeness (QED) is 0.440. The van der Waals surface area contributed by atoms with Gasteiger partial charge < -0.3 is 19.1 Å². The van der Waals surface area contributed by atoms with Crippen molar-refractivity contribution in [3.8, 4) is 5.69 Å². The molecule has 2 aliphatic rings. The van der Waals surface area contributed by atoms with Crippen LogP contribution in [0.25, 0.3) is 16.6 Å². The summed E-state index contributed by atoms with van der Waals surface area (Å²) in [5, 5.41) is 1.19. The molecule has 2 atom stereocenters. The number of halogens is 1. The number of benzene rings is 1. The van der Waals surface area contributed by atoms with Crippen molar-refractivity contribution in [1.82, 2.24) is 19.4 Å². The highest BCUT2D eigenvalue weighted by molar-refractivity contribution is 5.99. The van der Waals surface area contributed by atoms with Gasteiger partial charge in [0.2, 0.25) is 0 Å². The van der Waals surface area contributed by atoms with Crippen molar-refractivity contribution in [1.29, 1.82) is 0 Å². The summed E-state index contributed by atoms with van der Waals surface area (Å²) >= 11 is 0. The Morgan fingerprint density at radius 2 is 2.08 bits per heavy atom. The van der Waals surface area contributed by atoms with E-state index in [1.807, 2.05) is 30.8 Å². The van der Waals surface area contributed by atoms with Crippen molar-refractivity contribution in [3.63, 3.8) is 0 Å². The molecule has 1 aromatic carbocycles. The van der Waals surface area contributed by atoms with Gasteiger partial charge in [-0.2, -0.15) is 0 Å². The fraction of sp³-hybridized carbons (Fsp3) is 0.533. The zero-order valence-corrected chi connectivity index (χ0v) is 22.5. The van der Waals surface area contributed by atoms with Gasteiger partial charge in [-0.3, -0.25) is 9.78 Å². The number of aryl methyl sites for hydroxylation is 1. The normalized spacial score (nSPS) is 20.7. The molecule has 6 nitrogen and oxygen atoms in total. The molecule has 0 unspecified atom stereocenters. The zero-order chi connectivity index (χ0) is 26.1. The predicted molar refractivity (Wildman–Crippen MR) is 145 cm³/mol. The third kappa shape index (κ3) is 5.43. The molecule has 2 aromatic heterocycles. The molecule has 0 spiro atoms. The maximum atomic E-state index is 14.3. The zero-order valence-electron chi connectivity index (χ0n) is 22.5. The van der Waals surface area contributed by atoms with Gasteiger partial charge in [-0.05, 0) is 94.2 Å². The topological polar surface area (TPSA) is 50.6 Å². The van der Waals surface area contributed by atoms with Crippen LogP contribution in [0.3, 0.4) is 0 Å². The number of nitrogens with zero attached hydrogens (tertiary/aromatic N) is 4. The Balaban J connectivity index is 1.45. The molecule has 1 amide bonds. The fourth-order valence-electron chi connectivity index (χ4n) is 5.98. The number of rotatable bonds is 7. The average Bonchev–Trinajstić information content (AvgIpc) is 3.48. The lowest BCUT2D eigenvalue weighted by Gasteiger charge is -2.26. The van der Waals surface area contributed by atoms with E-state index in [1.54, 1.807) is 18.0 Å². The average molecular weight is 507 g/mol. The smallest absolute Gasteiger partial charge is 0.256 e.